The van der Waals surface area contributed by atoms with Crippen molar-refractivity contribution in [2.45, 2.75) is 4.90 Å². The minimum atomic E-state index is -0.653. The molecule has 0 radical (unpaired) electrons. The first kappa shape index (κ1) is 21.4. The Kier molecular flexibility index (Phi) is 7.10. The minimum absolute atomic E-state index is 0.0348. The molecule has 0 spiro atoms. The molecule has 3 rings (SSSR count). The monoisotopic (exact) mass is 445 g/mol. The van der Waals surface area contributed by atoms with Crippen LogP contribution in [0.3, 0.4) is 0 Å². The van der Waals surface area contributed by atoms with Gasteiger partial charge < -0.3 is 4.74 Å². The third-order valence-electron chi connectivity index (χ3n) is 3.94. The van der Waals surface area contributed by atoms with E-state index in [0.717, 1.165) is 15.7 Å². The number of nitrogens with one attached hydrogen (secondary N) is 2. The van der Waals surface area contributed by atoms with E-state index in [1.54, 1.807) is 12.1 Å². The molecule has 0 aromatic heterocycles. The molecule has 3 aromatic carbocycles. The number of nitrogens with zero attached hydrogens (tertiary/aromatic N) is 1. The lowest BCUT2D eigenvalue weighted by atomic mass is 10.1. The van der Waals surface area contributed by atoms with E-state index in [1.807, 2.05) is 30.3 Å². The molecule has 0 aliphatic rings. The maximum absolute atomic E-state index is 12.0. The Balaban J connectivity index is 1.49. The highest BCUT2D eigenvalue weighted by Gasteiger charge is 2.15. The first-order valence-electron chi connectivity index (χ1n) is 8.69. The van der Waals surface area contributed by atoms with Crippen molar-refractivity contribution in [2.75, 3.05) is 12.4 Å². The summed E-state index contributed by atoms with van der Waals surface area (Å²) in [5.74, 6) is -1.06. The first-order chi connectivity index (χ1) is 14.5. The molecule has 0 aliphatic heterocycles. The summed E-state index contributed by atoms with van der Waals surface area (Å²) in [7, 11) is 0. The van der Waals surface area contributed by atoms with Crippen LogP contribution in [0.2, 0.25) is 5.02 Å². The zero-order valence-electron chi connectivity index (χ0n) is 15.5. The molecule has 0 unspecified atom stereocenters. The molecule has 0 saturated carbocycles. The van der Waals surface area contributed by atoms with Crippen LogP contribution in [0.15, 0.2) is 65.6 Å². The molecular weight excluding hydrogens is 430 g/mol. The fraction of sp³-hybridized carbons (Fsp3) is 0.100. The van der Waals surface area contributed by atoms with Gasteiger partial charge in [0.15, 0.2) is 12.4 Å². The Hall–Kier alpha value is -3.30. The van der Waals surface area contributed by atoms with Gasteiger partial charge in [-0.25, -0.2) is 0 Å². The van der Waals surface area contributed by atoms with Crippen molar-refractivity contribution in [1.29, 1.82) is 0 Å². The number of benzene rings is 3. The summed E-state index contributed by atoms with van der Waals surface area (Å²) in [4.78, 5) is 35.1. The number of nitro groups is 1. The van der Waals surface area contributed by atoms with Crippen LogP contribution in [0.25, 0.3) is 10.8 Å². The topological polar surface area (TPSA) is 111 Å². The highest BCUT2D eigenvalue weighted by molar-refractivity contribution is 8.00. The van der Waals surface area contributed by atoms with Crippen LogP contribution < -0.4 is 15.6 Å². The Morgan fingerprint density at radius 1 is 1.00 bits per heavy atom. The van der Waals surface area contributed by atoms with E-state index >= 15 is 0 Å². The number of carbonyl (C=O) groups excluding carboxylic acids is 2. The summed E-state index contributed by atoms with van der Waals surface area (Å²) >= 11 is 7.55. The standard InChI is InChI=1S/C20H16ClN3O5S/c21-14-7-3-5-13-6-4-10-17(20(13)14)30-12-19(26)23-22-18(25)11-29-16-9-2-1-8-15(16)24(27)28/h1-10H,11-12H2,(H,22,25)(H,23,26). The fourth-order valence-corrected chi connectivity index (χ4v) is 3.86. The zero-order chi connectivity index (χ0) is 21.5. The van der Waals surface area contributed by atoms with Crippen LogP contribution in [0.1, 0.15) is 0 Å². The van der Waals surface area contributed by atoms with Crippen molar-refractivity contribution in [2.24, 2.45) is 0 Å². The number of fused-ring (bicyclic) bond motifs is 1. The van der Waals surface area contributed by atoms with Gasteiger partial charge in [0.2, 0.25) is 5.91 Å². The van der Waals surface area contributed by atoms with Crippen LogP contribution in [-0.4, -0.2) is 29.1 Å². The average Bonchev–Trinajstić information content (AvgIpc) is 2.75. The van der Waals surface area contributed by atoms with Crippen molar-refractivity contribution < 1.29 is 19.2 Å². The van der Waals surface area contributed by atoms with Gasteiger partial charge in [-0.3, -0.25) is 30.6 Å². The molecule has 0 atom stereocenters. The van der Waals surface area contributed by atoms with Gasteiger partial charge in [-0.1, -0.05) is 48.0 Å². The number of ether oxygens (including phenoxy) is 1. The number of hydrazine groups is 1. The third-order valence-corrected chi connectivity index (χ3v) is 5.31. The van der Waals surface area contributed by atoms with Crippen molar-refractivity contribution >= 4 is 51.6 Å². The predicted molar refractivity (Wildman–Crippen MR) is 115 cm³/mol. The lowest BCUT2D eigenvalue weighted by Gasteiger charge is -2.10. The van der Waals surface area contributed by atoms with Crippen LogP contribution in [0, 0.1) is 10.1 Å². The average molecular weight is 446 g/mol. The quantitative estimate of drug-likeness (QED) is 0.326. The number of carbonyl (C=O) groups is 2. The Morgan fingerprint density at radius 2 is 1.70 bits per heavy atom. The number of amides is 2. The van der Waals surface area contributed by atoms with Gasteiger partial charge in [-0.2, -0.15) is 0 Å². The van der Waals surface area contributed by atoms with Crippen molar-refractivity contribution in [3.63, 3.8) is 0 Å². The molecule has 3 aromatic rings. The molecule has 0 saturated heterocycles. The molecule has 8 nitrogen and oxygen atoms in total. The van der Waals surface area contributed by atoms with Gasteiger partial charge in [0.05, 0.1) is 10.7 Å². The lowest BCUT2D eigenvalue weighted by molar-refractivity contribution is -0.385. The predicted octanol–water partition coefficient (Wildman–Crippen LogP) is 3.72. The highest BCUT2D eigenvalue weighted by atomic mass is 35.5. The highest BCUT2D eigenvalue weighted by Crippen LogP contribution is 2.33. The molecule has 0 heterocycles. The smallest absolute Gasteiger partial charge is 0.310 e. The van der Waals surface area contributed by atoms with Gasteiger partial charge in [-0.15, -0.1) is 11.8 Å². The summed E-state index contributed by atoms with van der Waals surface area (Å²) in [6.07, 6.45) is 0. The lowest BCUT2D eigenvalue weighted by Crippen LogP contribution is -2.44. The van der Waals surface area contributed by atoms with Crippen molar-refractivity contribution in [1.82, 2.24) is 10.9 Å². The van der Waals surface area contributed by atoms with E-state index in [-0.39, 0.29) is 17.2 Å². The van der Waals surface area contributed by atoms with Crippen LogP contribution in [0.4, 0.5) is 5.69 Å². The zero-order valence-corrected chi connectivity index (χ0v) is 17.0. The maximum atomic E-state index is 12.0. The largest absolute Gasteiger partial charge is 0.477 e. The molecule has 0 bridgehead atoms. The Bertz CT molecular complexity index is 1100. The molecule has 0 aliphatic carbocycles. The van der Waals surface area contributed by atoms with Gasteiger partial charge in [0.25, 0.3) is 5.91 Å². The number of hydrogen-bond acceptors (Lipinski definition) is 6. The normalized spacial score (nSPS) is 10.4. The first-order valence-corrected chi connectivity index (χ1v) is 10.1. The summed E-state index contributed by atoms with van der Waals surface area (Å²) in [6.45, 7) is -0.489. The summed E-state index contributed by atoms with van der Waals surface area (Å²) in [6, 6.07) is 16.9. The molecule has 2 N–H and O–H groups in total. The van der Waals surface area contributed by atoms with Crippen LogP contribution in [-0.2, 0) is 9.59 Å². The number of rotatable bonds is 7. The SMILES string of the molecule is O=C(COc1ccccc1[N+](=O)[O-])NNC(=O)CSc1cccc2cccc(Cl)c12. The molecule has 2 amide bonds. The Labute approximate surface area is 180 Å². The van der Waals surface area contributed by atoms with Crippen LogP contribution >= 0.6 is 23.4 Å². The van der Waals surface area contributed by atoms with Crippen molar-refractivity contribution in [3.8, 4) is 5.75 Å². The van der Waals surface area contributed by atoms with Gasteiger partial charge in [0, 0.05) is 21.4 Å². The van der Waals surface area contributed by atoms with Gasteiger partial charge >= 0.3 is 5.69 Å². The molecule has 10 heteroatoms. The van der Waals surface area contributed by atoms with E-state index in [4.69, 9.17) is 16.3 Å². The maximum Gasteiger partial charge on any atom is 0.310 e. The van der Waals surface area contributed by atoms with Gasteiger partial charge in [-0.05, 0) is 23.6 Å². The number of thioether (sulfide) groups is 1. The van der Waals surface area contributed by atoms with Crippen LogP contribution in [0.5, 0.6) is 5.75 Å². The third kappa shape index (κ3) is 5.40. The van der Waals surface area contributed by atoms with Crippen molar-refractivity contribution in [3.05, 3.63) is 75.8 Å². The Morgan fingerprint density at radius 3 is 2.47 bits per heavy atom. The number of halogens is 1. The number of hydrogen-bond donors (Lipinski definition) is 2. The van der Waals surface area contributed by atoms with E-state index in [0.29, 0.717) is 5.02 Å². The van der Waals surface area contributed by atoms with E-state index < -0.39 is 23.3 Å². The second-order valence-electron chi connectivity index (χ2n) is 5.99. The molecule has 0 fully saturated rings. The fourth-order valence-electron chi connectivity index (χ4n) is 2.61. The minimum Gasteiger partial charge on any atom is -0.477 e. The summed E-state index contributed by atoms with van der Waals surface area (Å²) in [5, 5.41) is 13.4. The van der Waals surface area contributed by atoms with E-state index in [2.05, 4.69) is 10.9 Å². The summed E-state index contributed by atoms with van der Waals surface area (Å²) < 4.78 is 5.16. The number of nitro benzene ring substituents is 1. The second-order valence-corrected chi connectivity index (χ2v) is 7.42. The molecular formula is C20H16ClN3O5S. The summed E-state index contributed by atoms with van der Waals surface area (Å²) in [5.41, 5.74) is 4.25. The molecule has 154 valence electrons. The van der Waals surface area contributed by atoms with E-state index in [1.165, 1.54) is 30.0 Å². The second kappa shape index (κ2) is 9.95. The van der Waals surface area contributed by atoms with E-state index in [9.17, 15) is 19.7 Å². The molecule has 30 heavy (non-hydrogen) atoms. The van der Waals surface area contributed by atoms with Gasteiger partial charge in [0.1, 0.15) is 0 Å². The number of para-hydroxylation sites is 2.